The van der Waals surface area contributed by atoms with Crippen molar-refractivity contribution in [2.45, 2.75) is 13.5 Å². The molecule has 0 amide bonds. The summed E-state index contributed by atoms with van der Waals surface area (Å²) in [6.07, 6.45) is 6.14. The summed E-state index contributed by atoms with van der Waals surface area (Å²) in [4.78, 5) is 0. The first-order chi connectivity index (χ1) is 3.83. The normalized spacial score (nSPS) is 9.75. The van der Waals surface area contributed by atoms with Crippen molar-refractivity contribution in [3.63, 3.8) is 0 Å². The molecule has 0 fully saturated rings. The van der Waals surface area contributed by atoms with Crippen molar-refractivity contribution in [2.24, 2.45) is 7.05 Å². The van der Waals surface area contributed by atoms with Crippen LogP contribution in [0.15, 0.2) is 18.7 Å². The van der Waals surface area contributed by atoms with E-state index in [4.69, 9.17) is 0 Å². The number of nitrogens with zero attached hydrogens (tertiary/aromatic N) is 2. The number of rotatable bonds is 1. The second-order valence-electron chi connectivity index (χ2n) is 1.91. The van der Waals surface area contributed by atoms with Gasteiger partial charge in [0.1, 0.15) is 12.4 Å². The molecule has 8 heavy (non-hydrogen) atoms. The van der Waals surface area contributed by atoms with Crippen molar-refractivity contribution in [3.05, 3.63) is 18.7 Å². The van der Waals surface area contributed by atoms with Gasteiger partial charge >= 0.3 is 2.85 Å². The van der Waals surface area contributed by atoms with E-state index in [-0.39, 0.29) is 2.85 Å². The van der Waals surface area contributed by atoms with Crippen LogP contribution < -0.4 is 4.57 Å². The molecule has 1 aromatic rings. The van der Waals surface area contributed by atoms with Gasteiger partial charge in [-0.1, -0.05) is 0 Å². The zero-order valence-corrected chi connectivity index (χ0v) is 5.33. The van der Waals surface area contributed by atoms with E-state index in [1.807, 2.05) is 17.8 Å². The maximum atomic E-state index is 2.12. The van der Waals surface area contributed by atoms with Gasteiger partial charge in [0.25, 0.3) is 0 Å². The maximum Gasteiger partial charge on any atom is 1.00 e. The molecule has 0 saturated heterocycles. The standard InChI is InChI=1S/C6H11N2/c1-3-8-5-4-7(2)6-8/h4-6H,3H2,1-2H3/q+1/p+2. The molecule has 0 atom stereocenters. The summed E-state index contributed by atoms with van der Waals surface area (Å²) >= 11 is 0. The van der Waals surface area contributed by atoms with E-state index in [9.17, 15) is 0 Å². The number of hydrogen-bond donors (Lipinski definition) is 0. The molecule has 1 aromatic heterocycles. The smallest absolute Gasteiger partial charge is 0.240 e. The molecule has 0 aliphatic heterocycles. The van der Waals surface area contributed by atoms with Crippen molar-refractivity contribution in [3.8, 4) is 0 Å². The molecule has 0 N–H and O–H groups in total. The zero-order chi connectivity index (χ0) is 5.98. The molecule has 0 spiro atoms. The van der Waals surface area contributed by atoms with Crippen molar-refractivity contribution < 1.29 is 7.42 Å². The highest BCUT2D eigenvalue weighted by Gasteiger charge is 1.92. The Hall–Kier alpha value is -0.790. The van der Waals surface area contributed by atoms with E-state index in [1.165, 1.54) is 0 Å². The summed E-state index contributed by atoms with van der Waals surface area (Å²) in [6, 6.07) is 0. The second kappa shape index (κ2) is 1.99. The van der Waals surface area contributed by atoms with E-state index in [1.54, 1.807) is 0 Å². The fourth-order valence-corrected chi connectivity index (χ4v) is 0.689. The lowest BCUT2D eigenvalue weighted by Crippen LogP contribution is -2.28. The lowest BCUT2D eigenvalue weighted by Gasteiger charge is -1.81. The van der Waals surface area contributed by atoms with Gasteiger partial charge in [0.2, 0.25) is 6.33 Å². The molecule has 1 heterocycles. The van der Waals surface area contributed by atoms with Gasteiger partial charge < -0.3 is 0 Å². The van der Waals surface area contributed by atoms with Crippen molar-refractivity contribution in [1.82, 2.24) is 4.57 Å². The lowest BCUT2D eigenvalue weighted by atomic mass is 10.7. The largest absolute Gasteiger partial charge is 1.00 e. The van der Waals surface area contributed by atoms with Crippen LogP contribution in [0.5, 0.6) is 0 Å². The van der Waals surface area contributed by atoms with Gasteiger partial charge in [-0.05, 0) is 6.92 Å². The zero-order valence-electron chi connectivity index (χ0n) is 7.33. The molecule has 1 rings (SSSR count). The van der Waals surface area contributed by atoms with Crippen molar-refractivity contribution in [2.75, 3.05) is 0 Å². The molecule has 44 valence electrons. The van der Waals surface area contributed by atoms with Gasteiger partial charge in [-0.15, -0.1) is 0 Å². The Balaban J connectivity index is 0. The summed E-state index contributed by atoms with van der Waals surface area (Å²) in [5.74, 6) is 0. The molecule has 0 saturated carbocycles. The molecule has 0 aliphatic carbocycles. The minimum absolute atomic E-state index is 0. The summed E-state index contributed by atoms with van der Waals surface area (Å²) in [6.45, 7) is 3.18. The van der Waals surface area contributed by atoms with Crippen LogP contribution in [-0.2, 0) is 13.6 Å². The number of aromatic nitrogens is 2. The van der Waals surface area contributed by atoms with Crippen LogP contribution in [0.3, 0.4) is 0 Å². The van der Waals surface area contributed by atoms with Crippen LogP contribution in [0, 0.1) is 0 Å². The SMILES string of the molecule is CC[n+]1ccn(C)c1.[H+].[H+]. The fourth-order valence-electron chi connectivity index (χ4n) is 0.689. The van der Waals surface area contributed by atoms with E-state index in [0.29, 0.717) is 0 Å². The van der Waals surface area contributed by atoms with Crippen LogP contribution in [0.4, 0.5) is 0 Å². The van der Waals surface area contributed by atoms with Crippen LogP contribution in [-0.4, -0.2) is 4.57 Å². The minimum atomic E-state index is 0. The van der Waals surface area contributed by atoms with Crippen molar-refractivity contribution >= 4 is 0 Å². The van der Waals surface area contributed by atoms with E-state index in [2.05, 4.69) is 24.0 Å². The molecule has 0 aromatic carbocycles. The van der Waals surface area contributed by atoms with E-state index >= 15 is 0 Å². The molecule has 0 aliphatic rings. The Kier molecular flexibility index (Phi) is 1.33. The van der Waals surface area contributed by atoms with E-state index in [0.717, 1.165) is 6.54 Å². The Labute approximate surface area is 52.3 Å². The Morgan fingerprint density at radius 1 is 1.75 bits per heavy atom. The molecular formula is C6H13N2+3. The first-order valence-corrected chi connectivity index (χ1v) is 2.84. The van der Waals surface area contributed by atoms with Gasteiger partial charge in [-0.25, -0.2) is 9.13 Å². The number of hydrogen-bond acceptors (Lipinski definition) is 0. The van der Waals surface area contributed by atoms with Gasteiger partial charge in [-0.3, -0.25) is 0 Å². The quantitative estimate of drug-likeness (QED) is 0.470. The maximum absolute atomic E-state index is 2.12. The third kappa shape index (κ3) is 0.886. The molecular weight excluding hydrogens is 100 g/mol. The highest BCUT2D eigenvalue weighted by Crippen LogP contribution is 1.74. The third-order valence-electron chi connectivity index (χ3n) is 1.19. The van der Waals surface area contributed by atoms with Gasteiger partial charge in [0.15, 0.2) is 0 Å². The lowest BCUT2D eigenvalue weighted by molar-refractivity contribution is -0.693. The van der Waals surface area contributed by atoms with Crippen LogP contribution >= 0.6 is 0 Å². The second-order valence-corrected chi connectivity index (χ2v) is 1.91. The van der Waals surface area contributed by atoms with Gasteiger partial charge in [0, 0.05) is 0 Å². The monoisotopic (exact) mass is 113 g/mol. The molecule has 2 heteroatoms. The summed E-state index contributed by atoms with van der Waals surface area (Å²) in [7, 11) is 2.02. The average molecular weight is 113 g/mol. The Bertz CT molecular complexity index is 174. The third-order valence-corrected chi connectivity index (χ3v) is 1.19. The summed E-state index contributed by atoms with van der Waals surface area (Å²) in [5, 5.41) is 0. The van der Waals surface area contributed by atoms with E-state index < -0.39 is 0 Å². The highest BCUT2D eigenvalue weighted by molar-refractivity contribution is 4.61. The number of aryl methyl sites for hydroxylation is 2. The predicted octanol–water partition coefficient (Wildman–Crippen LogP) is 0.557. The average Bonchev–Trinajstić information content (AvgIpc) is 2.14. The van der Waals surface area contributed by atoms with Crippen molar-refractivity contribution in [1.29, 1.82) is 0 Å². The predicted molar refractivity (Wildman–Crippen MR) is 33.5 cm³/mol. The topological polar surface area (TPSA) is 8.81 Å². The van der Waals surface area contributed by atoms with Crippen LogP contribution in [0.1, 0.15) is 9.78 Å². The van der Waals surface area contributed by atoms with Gasteiger partial charge in [0.05, 0.1) is 13.6 Å². The molecule has 0 radical (unpaired) electrons. The fraction of sp³-hybridized carbons (Fsp3) is 0.500. The Morgan fingerprint density at radius 2 is 2.50 bits per heavy atom. The Morgan fingerprint density at radius 3 is 2.75 bits per heavy atom. The van der Waals surface area contributed by atoms with Crippen LogP contribution in [0.25, 0.3) is 0 Å². The molecule has 0 bridgehead atoms. The summed E-state index contributed by atoms with van der Waals surface area (Å²) in [5.41, 5.74) is 0. The summed E-state index contributed by atoms with van der Waals surface area (Å²) < 4.78 is 4.16. The first-order valence-electron chi connectivity index (χ1n) is 2.84. The highest BCUT2D eigenvalue weighted by atomic mass is 15.1. The van der Waals surface area contributed by atoms with Gasteiger partial charge in [-0.2, -0.15) is 0 Å². The van der Waals surface area contributed by atoms with Crippen LogP contribution in [0.2, 0.25) is 0 Å². The first kappa shape index (κ1) is 5.35. The minimum Gasteiger partial charge on any atom is -0.240 e. The molecule has 2 nitrogen and oxygen atoms in total. The molecule has 0 unspecified atom stereocenters. The number of imidazole rings is 1.